The molecule has 0 atom stereocenters. The summed E-state index contributed by atoms with van der Waals surface area (Å²) in [5.41, 5.74) is 0.709. The van der Waals surface area contributed by atoms with Crippen molar-refractivity contribution in [3.63, 3.8) is 0 Å². The first kappa shape index (κ1) is 11.5. The molecule has 0 saturated heterocycles. The van der Waals surface area contributed by atoms with E-state index in [9.17, 15) is 4.79 Å². The van der Waals surface area contributed by atoms with Crippen molar-refractivity contribution < 1.29 is 9.53 Å². The highest BCUT2D eigenvalue weighted by atomic mass is 16.5. The zero-order valence-corrected chi connectivity index (χ0v) is 9.04. The molecule has 0 unspecified atom stereocenters. The number of benzene rings is 1. The van der Waals surface area contributed by atoms with Gasteiger partial charge in [-0.1, -0.05) is 12.1 Å². The molecule has 4 heteroatoms. The molecule has 82 valence electrons. The minimum absolute atomic E-state index is 0.0196. The van der Waals surface area contributed by atoms with E-state index in [0.717, 1.165) is 0 Å². The highest BCUT2D eigenvalue weighted by Crippen LogP contribution is 2.22. The summed E-state index contributed by atoms with van der Waals surface area (Å²) in [5, 5.41) is 5.71. The van der Waals surface area contributed by atoms with Crippen LogP contribution in [0.4, 0.5) is 5.69 Å². The van der Waals surface area contributed by atoms with E-state index < -0.39 is 0 Å². The summed E-state index contributed by atoms with van der Waals surface area (Å²) >= 11 is 0. The Kier molecular flexibility index (Phi) is 4.63. The molecular weight excluding hydrogens is 192 g/mol. The monoisotopic (exact) mass is 208 g/mol. The molecule has 0 aliphatic rings. The number of hydrogen-bond acceptors (Lipinski definition) is 3. The standard InChI is InChI=1S/C11H16N2O2/c1-12-8-7-11(14)13-9-5-3-4-6-10(9)15-2/h3-6,12H,7-8H2,1-2H3,(H,13,14). The molecule has 1 amide bonds. The highest BCUT2D eigenvalue weighted by Gasteiger charge is 2.05. The first-order valence-electron chi connectivity index (χ1n) is 4.85. The van der Waals surface area contributed by atoms with Crippen LogP contribution < -0.4 is 15.4 Å². The Bertz CT molecular complexity index is 326. The lowest BCUT2D eigenvalue weighted by atomic mass is 10.3. The fourth-order valence-electron chi connectivity index (χ4n) is 1.20. The van der Waals surface area contributed by atoms with Crippen molar-refractivity contribution in [2.24, 2.45) is 0 Å². The number of methoxy groups -OCH3 is 1. The molecule has 0 aliphatic carbocycles. The molecule has 4 nitrogen and oxygen atoms in total. The summed E-state index contributed by atoms with van der Waals surface area (Å²) in [6.07, 6.45) is 0.453. The van der Waals surface area contributed by atoms with Crippen LogP contribution in [0.3, 0.4) is 0 Å². The van der Waals surface area contributed by atoms with E-state index in [1.165, 1.54) is 0 Å². The summed E-state index contributed by atoms with van der Waals surface area (Å²) in [5.74, 6) is 0.657. The van der Waals surface area contributed by atoms with Gasteiger partial charge in [-0.05, 0) is 19.2 Å². The molecule has 1 aromatic carbocycles. The predicted octanol–water partition coefficient (Wildman–Crippen LogP) is 1.24. The average molecular weight is 208 g/mol. The van der Waals surface area contributed by atoms with Crippen LogP contribution in [0.15, 0.2) is 24.3 Å². The van der Waals surface area contributed by atoms with Crippen LogP contribution in [0.2, 0.25) is 0 Å². The van der Waals surface area contributed by atoms with Crippen molar-refractivity contribution >= 4 is 11.6 Å². The lowest BCUT2D eigenvalue weighted by Crippen LogP contribution is -2.18. The largest absolute Gasteiger partial charge is 0.495 e. The van der Waals surface area contributed by atoms with Crippen molar-refractivity contribution in [1.29, 1.82) is 0 Å². The Morgan fingerprint density at radius 1 is 1.40 bits per heavy atom. The summed E-state index contributed by atoms with van der Waals surface area (Å²) in [6, 6.07) is 7.35. The molecular formula is C11H16N2O2. The first-order valence-corrected chi connectivity index (χ1v) is 4.85. The number of amides is 1. The van der Waals surface area contributed by atoms with Gasteiger partial charge in [0.25, 0.3) is 0 Å². The van der Waals surface area contributed by atoms with Crippen LogP contribution in [0.25, 0.3) is 0 Å². The molecule has 1 aromatic rings. The van der Waals surface area contributed by atoms with Gasteiger partial charge in [0.05, 0.1) is 12.8 Å². The van der Waals surface area contributed by atoms with Crippen LogP contribution in [0.1, 0.15) is 6.42 Å². The maximum atomic E-state index is 11.4. The third-order valence-corrected chi connectivity index (χ3v) is 1.98. The second-order valence-electron chi connectivity index (χ2n) is 3.10. The van der Waals surface area contributed by atoms with Gasteiger partial charge in [-0.3, -0.25) is 4.79 Å². The third kappa shape index (κ3) is 3.59. The van der Waals surface area contributed by atoms with Gasteiger partial charge in [0.1, 0.15) is 5.75 Å². The molecule has 0 aliphatic heterocycles. The number of para-hydroxylation sites is 2. The van der Waals surface area contributed by atoms with Crippen LogP contribution in [-0.4, -0.2) is 26.6 Å². The van der Waals surface area contributed by atoms with E-state index in [0.29, 0.717) is 24.4 Å². The second-order valence-corrected chi connectivity index (χ2v) is 3.10. The van der Waals surface area contributed by atoms with E-state index in [2.05, 4.69) is 10.6 Å². The number of nitrogens with one attached hydrogen (secondary N) is 2. The number of ether oxygens (including phenoxy) is 1. The Balaban J connectivity index is 2.59. The van der Waals surface area contributed by atoms with Gasteiger partial charge < -0.3 is 15.4 Å². The van der Waals surface area contributed by atoms with Crippen LogP contribution >= 0.6 is 0 Å². The molecule has 0 spiro atoms. The minimum Gasteiger partial charge on any atom is -0.495 e. The van der Waals surface area contributed by atoms with Gasteiger partial charge in [0.2, 0.25) is 5.91 Å². The quantitative estimate of drug-likeness (QED) is 0.765. The van der Waals surface area contributed by atoms with E-state index in [4.69, 9.17) is 4.74 Å². The minimum atomic E-state index is -0.0196. The molecule has 0 radical (unpaired) electrons. The maximum absolute atomic E-state index is 11.4. The molecule has 0 heterocycles. The summed E-state index contributed by atoms with van der Waals surface area (Å²) in [4.78, 5) is 11.4. The van der Waals surface area contributed by atoms with Crippen LogP contribution in [0, 0.1) is 0 Å². The Labute approximate surface area is 89.6 Å². The maximum Gasteiger partial charge on any atom is 0.225 e. The van der Waals surface area contributed by atoms with Gasteiger partial charge in [-0.25, -0.2) is 0 Å². The smallest absolute Gasteiger partial charge is 0.225 e. The topological polar surface area (TPSA) is 50.4 Å². The fourth-order valence-corrected chi connectivity index (χ4v) is 1.20. The number of hydrogen-bond donors (Lipinski definition) is 2. The Hall–Kier alpha value is -1.55. The molecule has 1 rings (SSSR count). The Morgan fingerprint density at radius 3 is 2.80 bits per heavy atom. The fraction of sp³-hybridized carbons (Fsp3) is 0.364. The van der Waals surface area contributed by atoms with E-state index >= 15 is 0 Å². The number of carbonyl (C=O) groups excluding carboxylic acids is 1. The van der Waals surface area contributed by atoms with Gasteiger partial charge in [0.15, 0.2) is 0 Å². The molecule has 2 N–H and O–H groups in total. The normalized spacial score (nSPS) is 9.73. The molecule has 0 saturated carbocycles. The van der Waals surface area contributed by atoms with E-state index in [1.807, 2.05) is 31.3 Å². The Morgan fingerprint density at radius 2 is 2.13 bits per heavy atom. The zero-order valence-electron chi connectivity index (χ0n) is 9.04. The van der Waals surface area contributed by atoms with Gasteiger partial charge in [-0.2, -0.15) is 0 Å². The van der Waals surface area contributed by atoms with E-state index in [-0.39, 0.29) is 5.91 Å². The van der Waals surface area contributed by atoms with Gasteiger partial charge >= 0.3 is 0 Å². The zero-order chi connectivity index (χ0) is 11.1. The average Bonchev–Trinajstić information content (AvgIpc) is 2.27. The predicted molar refractivity (Wildman–Crippen MR) is 60.2 cm³/mol. The number of carbonyl (C=O) groups is 1. The van der Waals surface area contributed by atoms with Crippen molar-refractivity contribution in [2.45, 2.75) is 6.42 Å². The van der Waals surface area contributed by atoms with Crippen molar-refractivity contribution in [2.75, 3.05) is 26.0 Å². The second kappa shape index (κ2) is 6.03. The lowest BCUT2D eigenvalue weighted by Gasteiger charge is -2.09. The number of rotatable bonds is 5. The number of anilines is 1. The van der Waals surface area contributed by atoms with E-state index in [1.54, 1.807) is 7.11 Å². The SMILES string of the molecule is CNCCC(=O)Nc1ccccc1OC. The third-order valence-electron chi connectivity index (χ3n) is 1.98. The van der Waals surface area contributed by atoms with Crippen molar-refractivity contribution in [1.82, 2.24) is 5.32 Å². The summed E-state index contributed by atoms with van der Waals surface area (Å²) in [6.45, 7) is 0.668. The first-order chi connectivity index (χ1) is 7.27. The van der Waals surface area contributed by atoms with Crippen LogP contribution in [-0.2, 0) is 4.79 Å². The summed E-state index contributed by atoms with van der Waals surface area (Å²) in [7, 11) is 3.40. The van der Waals surface area contributed by atoms with Crippen molar-refractivity contribution in [3.8, 4) is 5.75 Å². The van der Waals surface area contributed by atoms with Gasteiger partial charge in [0, 0.05) is 13.0 Å². The summed E-state index contributed by atoms with van der Waals surface area (Å²) < 4.78 is 5.12. The molecule has 0 fully saturated rings. The molecule has 15 heavy (non-hydrogen) atoms. The van der Waals surface area contributed by atoms with Gasteiger partial charge in [-0.15, -0.1) is 0 Å². The van der Waals surface area contributed by atoms with Crippen molar-refractivity contribution in [3.05, 3.63) is 24.3 Å². The lowest BCUT2D eigenvalue weighted by molar-refractivity contribution is -0.116. The van der Waals surface area contributed by atoms with Crippen LogP contribution in [0.5, 0.6) is 5.75 Å². The molecule has 0 aromatic heterocycles. The molecule has 0 bridgehead atoms. The highest BCUT2D eigenvalue weighted by molar-refractivity contribution is 5.92.